The number of hydrogen-bond acceptors (Lipinski definition) is 1. The molecule has 0 fully saturated rings. The van der Waals surface area contributed by atoms with E-state index in [4.69, 9.17) is 0 Å². The first-order valence-corrected chi connectivity index (χ1v) is 2.32. The molecule has 0 bridgehead atoms. The van der Waals surface area contributed by atoms with Gasteiger partial charge in [0.2, 0.25) is 5.91 Å². The summed E-state index contributed by atoms with van der Waals surface area (Å²) in [6.07, 6.45) is -6.78. The van der Waals surface area contributed by atoms with Gasteiger partial charge in [-0.05, 0) is 0 Å². The van der Waals surface area contributed by atoms with Crippen molar-refractivity contribution in [3.63, 3.8) is 0 Å². The number of rotatable bonds is 3. The zero-order valence-electron chi connectivity index (χ0n) is 4.73. The Labute approximate surface area is 54.0 Å². The van der Waals surface area contributed by atoms with Crippen molar-refractivity contribution in [2.24, 2.45) is 11.7 Å². The molecule has 60 valence electrons. The molecule has 0 spiro atoms. The molecule has 6 heteroatoms. The van der Waals surface area contributed by atoms with E-state index in [1.807, 2.05) is 0 Å². The fraction of sp³-hybridized carbons (Fsp3) is 0.750. The number of amides is 1. The Morgan fingerprint density at radius 2 is 1.40 bits per heavy atom. The summed E-state index contributed by atoms with van der Waals surface area (Å²) in [4.78, 5) is 9.84. The molecule has 0 saturated carbocycles. The SMILES string of the molecule is NC(=O)C(C(F)F)C(F)F. The van der Waals surface area contributed by atoms with Gasteiger partial charge >= 0.3 is 0 Å². The highest BCUT2D eigenvalue weighted by Gasteiger charge is 2.35. The second-order valence-corrected chi connectivity index (χ2v) is 1.60. The average Bonchev–Trinajstić information content (AvgIpc) is 1.59. The predicted octanol–water partition coefficient (Wildman–Crippen LogP) is 0.618. The maximum atomic E-state index is 11.4. The maximum Gasteiger partial charge on any atom is 0.255 e. The molecule has 2 nitrogen and oxygen atoms in total. The highest BCUT2D eigenvalue weighted by molar-refractivity contribution is 5.77. The molecule has 1 amide bonds. The molecule has 0 aliphatic heterocycles. The van der Waals surface area contributed by atoms with E-state index in [-0.39, 0.29) is 0 Å². The largest absolute Gasteiger partial charge is 0.369 e. The molecule has 0 heterocycles. The average molecular weight is 159 g/mol. The van der Waals surface area contributed by atoms with Crippen LogP contribution in [0.3, 0.4) is 0 Å². The summed E-state index contributed by atoms with van der Waals surface area (Å²) < 4.78 is 45.7. The quantitative estimate of drug-likeness (QED) is 0.602. The van der Waals surface area contributed by atoms with Crippen molar-refractivity contribution in [2.45, 2.75) is 12.9 Å². The minimum absolute atomic E-state index is 1.68. The van der Waals surface area contributed by atoms with Crippen LogP contribution in [0.15, 0.2) is 0 Å². The molecule has 0 saturated heterocycles. The summed E-state index contributed by atoms with van der Waals surface area (Å²) >= 11 is 0. The molecular formula is C4H5F4NO. The topological polar surface area (TPSA) is 43.1 Å². The maximum absolute atomic E-state index is 11.4. The van der Waals surface area contributed by atoms with Crippen LogP contribution in [0, 0.1) is 5.92 Å². The summed E-state index contributed by atoms with van der Waals surface area (Å²) in [7, 11) is 0. The lowest BCUT2D eigenvalue weighted by Crippen LogP contribution is -2.34. The third kappa shape index (κ3) is 2.20. The molecule has 0 aromatic rings. The van der Waals surface area contributed by atoms with Crippen molar-refractivity contribution < 1.29 is 22.4 Å². The summed E-state index contributed by atoms with van der Waals surface area (Å²) in [6, 6.07) is 0. The number of carbonyl (C=O) groups is 1. The number of hydrogen-bond donors (Lipinski definition) is 1. The molecule has 0 aliphatic rings. The Bertz CT molecular complexity index is 118. The molecule has 0 atom stereocenters. The Hall–Kier alpha value is -0.810. The van der Waals surface area contributed by atoms with Crippen LogP contribution < -0.4 is 5.73 Å². The van der Waals surface area contributed by atoms with Crippen LogP contribution in [0.5, 0.6) is 0 Å². The normalized spacial score (nSPS) is 11.5. The van der Waals surface area contributed by atoms with Gasteiger partial charge in [-0.3, -0.25) is 4.79 Å². The number of nitrogens with two attached hydrogens (primary N) is 1. The third-order valence-electron chi connectivity index (χ3n) is 0.871. The van der Waals surface area contributed by atoms with Gasteiger partial charge in [-0.1, -0.05) is 0 Å². The van der Waals surface area contributed by atoms with Crippen molar-refractivity contribution >= 4 is 5.91 Å². The van der Waals surface area contributed by atoms with Crippen molar-refractivity contribution in [3.05, 3.63) is 0 Å². The van der Waals surface area contributed by atoms with Crippen LogP contribution in [-0.2, 0) is 4.79 Å². The number of primary amides is 1. The Kier molecular flexibility index (Phi) is 3.11. The van der Waals surface area contributed by atoms with E-state index >= 15 is 0 Å². The van der Waals surface area contributed by atoms with Crippen molar-refractivity contribution in [1.29, 1.82) is 0 Å². The van der Waals surface area contributed by atoms with Crippen LogP contribution in [0.4, 0.5) is 17.6 Å². The number of alkyl halides is 4. The van der Waals surface area contributed by atoms with Crippen LogP contribution in [-0.4, -0.2) is 18.8 Å². The predicted molar refractivity (Wildman–Crippen MR) is 24.7 cm³/mol. The highest BCUT2D eigenvalue weighted by Crippen LogP contribution is 2.17. The van der Waals surface area contributed by atoms with Gasteiger partial charge in [0.1, 0.15) is 0 Å². The van der Waals surface area contributed by atoms with Gasteiger partial charge in [0.15, 0.2) is 5.92 Å². The highest BCUT2D eigenvalue weighted by atomic mass is 19.3. The van der Waals surface area contributed by atoms with Gasteiger partial charge in [0, 0.05) is 0 Å². The minimum Gasteiger partial charge on any atom is -0.369 e. The summed E-state index contributed by atoms with van der Waals surface area (Å²) in [6.45, 7) is 0. The third-order valence-corrected chi connectivity index (χ3v) is 0.871. The molecule has 0 aromatic heterocycles. The van der Waals surface area contributed by atoms with Gasteiger partial charge in [-0.2, -0.15) is 0 Å². The standard InChI is InChI=1S/C4H5F4NO/c5-2(6)1(3(7)8)4(9)10/h1-3H,(H2,9,10). The van der Waals surface area contributed by atoms with Gasteiger partial charge in [-0.25, -0.2) is 17.6 Å². The van der Waals surface area contributed by atoms with Gasteiger partial charge in [0.05, 0.1) is 0 Å². The molecule has 0 radical (unpaired) electrons. The van der Waals surface area contributed by atoms with Crippen LogP contribution in [0.2, 0.25) is 0 Å². The fourth-order valence-electron chi connectivity index (χ4n) is 0.358. The van der Waals surface area contributed by atoms with Crippen LogP contribution in [0.25, 0.3) is 0 Å². The van der Waals surface area contributed by atoms with Crippen LogP contribution >= 0.6 is 0 Å². The van der Waals surface area contributed by atoms with E-state index in [1.54, 1.807) is 0 Å². The van der Waals surface area contributed by atoms with E-state index in [0.717, 1.165) is 0 Å². The van der Waals surface area contributed by atoms with Gasteiger partial charge in [0.25, 0.3) is 12.9 Å². The first-order valence-electron chi connectivity index (χ1n) is 2.32. The molecule has 0 unspecified atom stereocenters. The van der Waals surface area contributed by atoms with Crippen molar-refractivity contribution in [3.8, 4) is 0 Å². The summed E-state index contributed by atoms with van der Waals surface area (Å²) in [5.41, 5.74) is 4.24. The molecular weight excluding hydrogens is 154 g/mol. The zero-order chi connectivity index (χ0) is 8.31. The van der Waals surface area contributed by atoms with E-state index in [0.29, 0.717) is 0 Å². The van der Waals surface area contributed by atoms with Crippen molar-refractivity contribution in [1.82, 2.24) is 0 Å². The number of carbonyl (C=O) groups excluding carboxylic acids is 1. The van der Waals surface area contributed by atoms with Crippen LogP contribution in [0.1, 0.15) is 0 Å². The molecule has 0 aliphatic carbocycles. The van der Waals surface area contributed by atoms with Crippen molar-refractivity contribution in [2.75, 3.05) is 0 Å². The Balaban J connectivity index is 4.12. The first kappa shape index (κ1) is 9.19. The second kappa shape index (κ2) is 3.38. The number of halogens is 4. The first-order chi connectivity index (χ1) is 4.46. The van der Waals surface area contributed by atoms with E-state index in [2.05, 4.69) is 5.73 Å². The molecule has 0 aromatic carbocycles. The Morgan fingerprint density at radius 3 is 1.40 bits per heavy atom. The Morgan fingerprint density at radius 1 is 1.10 bits per heavy atom. The van der Waals surface area contributed by atoms with Gasteiger partial charge in [-0.15, -0.1) is 0 Å². The lowest BCUT2D eigenvalue weighted by Gasteiger charge is -2.09. The van der Waals surface area contributed by atoms with E-state index in [1.165, 1.54) is 0 Å². The minimum atomic E-state index is -3.39. The summed E-state index contributed by atoms with van der Waals surface area (Å²) in [5, 5.41) is 0. The molecule has 2 N–H and O–H groups in total. The monoisotopic (exact) mass is 159 g/mol. The molecule has 10 heavy (non-hydrogen) atoms. The fourth-order valence-corrected chi connectivity index (χ4v) is 0.358. The molecule has 0 rings (SSSR count). The lowest BCUT2D eigenvalue weighted by molar-refractivity contribution is -0.134. The van der Waals surface area contributed by atoms with E-state index < -0.39 is 24.7 Å². The summed E-state index contributed by atoms with van der Waals surface area (Å²) in [5.74, 6) is -4.31. The van der Waals surface area contributed by atoms with E-state index in [9.17, 15) is 22.4 Å². The smallest absolute Gasteiger partial charge is 0.255 e. The second-order valence-electron chi connectivity index (χ2n) is 1.60. The van der Waals surface area contributed by atoms with Gasteiger partial charge < -0.3 is 5.73 Å². The lowest BCUT2D eigenvalue weighted by atomic mass is 10.1. The zero-order valence-corrected chi connectivity index (χ0v) is 4.73.